The van der Waals surface area contributed by atoms with Crippen LogP contribution in [0.3, 0.4) is 0 Å². The van der Waals surface area contributed by atoms with Crippen molar-refractivity contribution in [1.82, 2.24) is 4.98 Å². The van der Waals surface area contributed by atoms with Gasteiger partial charge in [-0.05, 0) is 24.6 Å². The molecule has 0 radical (unpaired) electrons. The number of carboxylic acids is 1. The van der Waals surface area contributed by atoms with Crippen LogP contribution in [-0.2, 0) is 6.54 Å². The van der Waals surface area contributed by atoms with Crippen LogP contribution in [0.2, 0.25) is 0 Å². The third kappa shape index (κ3) is 3.31. The molecule has 19 heavy (non-hydrogen) atoms. The molecule has 1 aromatic carbocycles. The normalized spacial score (nSPS) is 10.2. The number of hydrogen-bond donors (Lipinski definition) is 1. The Morgan fingerprint density at radius 1 is 1.26 bits per heavy atom. The van der Waals surface area contributed by atoms with Crippen molar-refractivity contribution in [3.63, 3.8) is 0 Å². The van der Waals surface area contributed by atoms with Crippen molar-refractivity contribution in [3.05, 3.63) is 59.3 Å². The van der Waals surface area contributed by atoms with Crippen molar-refractivity contribution in [2.24, 2.45) is 0 Å². The summed E-state index contributed by atoms with van der Waals surface area (Å²) in [6.07, 6.45) is 0. The molecule has 0 saturated heterocycles. The fourth-order valence-corrected chi connectivity index (χ4v) is 1.91. The Morgan fingerprint density at radius 3 is 2.58 bits per heavy atom. The maximum Gasteiger partial charge on any atom is 0.335 e. The molecule has 4 nitrogen and oxygen atoms in total. The summed E-state index contributed by atoms with van der Waals surface area (Å²) in [5.74, 6) is -0.263. The van der Waals surface area contributed by atoms with Crippen LogP contribution in [0.4, 0.5) is 5.82 Å². The van der Waals surface area contributed by atoms with Gasteiger partial charge in [-0.3, -0.25) is 0 Å². The summed E-state index contributed by atoms with van der Waals surface area (Å²) in [6, 6.07) is 13.2. The van der Waals surface area contributed by atoms with Gasteiger partial charge in [0, 0.05) is 19.3 Å². The molecule has 0 fully saturated rings. The molecule has 0 amide bonds. The number of rotatable bonds is 4. The third-order valence-electron chi connectivity index (χ3n) is 2.84. The maximum absolute atomic E-state index is 11.0. The Hall–Kier alpha value is -2.36. The number of carbonyl (C=O) groups is 1. The summed E-state index contributed by atoms with van der Waals surface area (Å²) in [4.78, 5) is 17.4. The number of benzene rings is 1. The molecule has 0 aliphatic heterocycles. The smallest absolute Gasteiger partial charge is 0.335 e. The first-order valence-electron chi connectivity index (χ1n) is 6.03. The second-order valence-electron chi connectivity index (χ2n) is 4.50. The lowest BCUT2D eigenvalue weighted by Gasteiger charge is -2.19. The monoisotopic (exact) mass is 256 g/mol. The predicted octanol–water partition coefficient (Wildman–Crippen LogP) is 2.72. The van der Waals surface area contributed by atoms with Gasteiger partial charge in [0.2, 0.25) is 0 Å². The zero-order chi connectivity index (χ0) is 13.8. The van der Waals surface area contributed by atoms with E-state index in [2.05, 4.69) is 4.98 Å². The zero-order valence-electron chi connectivity index (χ0n) is 11.0. The fourth-order valence-electron chi connectivity index (χ4n) is 1.91. The largest absolute Gasteiger partial charge is 0.478 e. The second kappa shape index (κ2) is 5.52. The van der Waals surface area contributed by atoms with Gasteiger partial charge in [0.05, 0.1) is 5.56 Å². The van der Waals surface area contributed by atoms with E-state index in [4.69, 9.17) is 5.11 Å². The Kier molecular flexibility index (Phi) is 3.80. The van der Waals surface area contributed by atoms with Crippen LogP contribution in [0.5, 0.6) is 0 Å². The van der Waals surface area contributed by atoms with Gasteiger partial charge in [0.25, 0.3) is 0 Å². The number of aromatic nitrogens is 1. The quantitative estimate of drug-likeness (QED) is 0.913. The molecule has 0 aliphatic carbocycles. The highest BCUT2D eigenvalue weighted by Crippen LogP contribution is 2.16. The van der Waals surface area contributed by atoms with Gasteiger partial charge in [0.15, 0.2) is 0 Å². The van der Waals surface area contributed by atoms with Crippen molar-refractivity contribution >= 4 is 11.8 Å². The number of hydrogen-bond acceptors (Lipinski definition) is 3. The number of nitrogens with zero attached hydrogens (tertiary/aromatic N) is 2. The zero-order valence-corrected chi connectivity index (χ0v) is 11.0. The van der Waals surface area contributed by atoms with Crippen LogP contribution in [-0.4, -0.2) is 23.1 Å². The SMILES string of the molecule is Cc1cc(C(=O)O)cc(N(C)Cc2ccccc2)n1. The molecule has 0 aliphatic rings. The molecule has 0 saturated carbocycles. The number of aryl methyl sites for hydroxylation is 1. The maximum atomic E-state index is 11.0. The van der Waals surface area contributed by atoms with E-state index in [-0.39, 0.29) is 5.56 Å². The molecule has 0 bridgehead atoms. The topological polar surface area (TPSA) is 53.4 Å². The molecule has 1 heterocycles. The first-order valence-corrected chi connectivity index (χ1v) is 6.03. The number of aromatic carboxylic acids is 1. The Bertz CT molecular complexity index is 582. The minimum absolute atomic E-state index is 0.266. The minimum atomic E-state index is -0.931. The van der Waals surface area contributed by atoms with E-state index in [1.54, 1.807) is 19.1 Å². The molecule has 1 aromatic heterocycles. The summed E-state index contributed by atoms with van der Waals surface area (Å²) in [7, 11) is 1.90. The van der Waals surface area contributed by atoms with Crippen LogP contribution in [0.25, 0.3) is 0 Å². The average Bonchev–Trinajstić information content (AvgIpc) is 2.39. The van der Waals surface area contributed by atoms with E-state index in [0.717, 1.165) is 5.56 Å². The lowest BCUT2D eigenvalue weighted by atomic mass is 10.2. The lowest BCUT2D eigenvalue weighted by molar-refractivity contribution is 0.0696. The Labute approximate surface area is 112 Å². The summed E-state index contributed by atoms with van der Waals surface area (Å²) in [5.41, 5.74) is 2.13. The van der Waals surface area contributed by atoms with Crippen LogP contribution in [0.15, 0.2) is 42.5 Å². The number of carboxylic acid groups (broad SMARTS) is 1. The molecular weight excluding hydrogens is 240 g/mol. The van der Waals surface area contributed by atoms with Gasteiger partial charge < -0.3 is 10.0 Å². The molecule has 0 atom stereocenters. The van der Waals surface area contributed by atoms with E-state index >= 15 is 0 Å². The predicted molar refractivity (Wildman–Crippen MR) is 74.5 cm³/mol. The van der Waals surface area contributed by atoms with Crippen molar-refractivity contribution in [1.29, 1.82) is 0 Å². The summed E-state index contributed by atoms with van der Waals surface area (Å²) >= 11 is 0. The lowest BCUT2D eigenvalue weighted by Crippen LogP contribution is -2.18. The third-order valence-corrected chi connectivity index (χ3v) is 2.84. The van der Waals surface area contributed by atoms with Gasteiger partial charge in [-0.1, -0.05) is 30.3 Å². The highest BCUT2D eigenvalue weighted by Gasteiger charge is 2.10. The Balaban J connectivity index is 2.24. The highest BCUT2D eigenvalue weighted by atomic mass is 16.4. The first kappa shape index (κ1) is 13.1. The number of pyridine rings is 1. The summed E-state index contributed by atoms with van der Waals surface area (Å²) in [6.45, 7) is 2.49. The van der Waals surface area contributed by atoms with E-state index in [0.29, 0.717) is 18.1 Å². The summed E-state index contributed by atoms with van der Waals surface area (Å²) < 4.78 is 0. The standard InChI is InChI=1S/C15H16N2O2/c1-11-8-13(15(18)19)9-14(16-11)17(2)10-12-6-4-3-5-7-12/h3-9H,10H2,1-2H3,(H,18,19). The fraction of sp³-hybridized carbons (Fsp3) is 0.200. The van der Waals surface area contributed by atoms with Gasteiger partial charge in [-0.15, -0.1) is 0 Å². The molecule has 2 aromatic rings. The molecule has 0 spiro atoms. The van der Waals surface area contributed by atoms with Crippen LogP contribution >= 0.6 is 0 Å². The molecular formula is C15H16N2O2. The molecule has 98 valence electrons. The van der Waals surface area contributed by atoms with Gasteiger partial charge in [0.1, 0.15) is 5.82 Å². The van der Waals surface area contributed by atoms with E-state index in [1.807, 2.05) is 42.3 Å². The van der Waals surface area contributed by atoms with Crippen LogP contribution < -0.4 is 4.90 Å². The van der Waals surface area contributed by atoms with Crippen molar-refractivity contribution < 1.29 is 9.90 Å². The van der Waals surface area contributed by atoms with Crippen molar-refractivity contribution in [2.45, 2.75) is 13.5 Å². The number of anilines is 1. The van der Waals surface area contributed by atoms with E-state index in [1.165, 1.54) is 0 Å². The van der Waals surface area contributed by atoms with Crippen molar-refractivity contribution in [3.8, 4) is 0 Å². The van der Waals surface area contributed by atoms with Crippen molar-refractivity contribution in [2.75, 3.05) is 11.9 Å². The average molecular weight is 256 g/mol. The molecule has 2 rings (SSSR count). The van der Waals surface area contributed by atoms with E-state index in [9.17, 15) is 4.79 Å². The molecule has 1 N–H and O–H groups in total. The van der Waals surface area contributed by atoms with Gasteiger partial charge >= 0.3 is 5.97 Å². The van der Waals surface area contributed by atoms with Gasteiger partial charge in [-0.2, -0.15) is 0 Å². The minimum Gasteiger partial charge on any atom is -0.478 e. The van der Waals surface area contributed by atoms with Crippen LogP contribution in [0, 0.1) is 6.92 Å². The molecule has 4 heteroatoms. The summed E-state index contributed by atoms with van der Waals surface area (Å²) in [5, 5.41) is 9.06. The highest BCUT2D eigenvalue weighted by molar-refractivity contribution is 5.88. The first-order chi connectivity index (χ1) is 9.06. The van der Waals surface area contributed by atoms with Crippen LogP contribution in [0.1, 0.15) is 21.6 Å². The second-order valence-corrected chi connectivity index (χ2v) is 4.50. The molecule has 0 unspecified atom stereocenters. The van der Waals surface area contributed by atoms with Gasteiger partial charge in [-0.25, -0.2) is 9.78 Å². The Morgan fingerprint density at radius 2 is 1.95 bits per heavy atom. The van der Waals surface area contributed by atoms with E-state index < -0.39 is 5.97 Å².